The molecule has 1 aromatic rings. The van der Waals surface area contributed by atoms with Gasteiger partial charge in [-0.15, -0.1) is 0 Å². The highest BCUT2D eigenvalue weighted by molar-refractivity contribution is 6.31. The second-order valence-corrected chi connectivity index (χ2v) is 3.10. The maximum Gasteiger partial charge on any atom is 0.252 e. The number of ether oxygens (including phenoxy) is 1. The molecule has 1 amide bonds. The third-order valence-corrected chi connectivity index (χ3v) is 1.95. The van der Waals surface area contributed by atoms with E-state index in [1.165, 1.54) is 7.11 Å². The Balaban J connectivity index is 3.38. The number of methoxy groups -OCH3 is 1. The van der Waals surface area contributed by atoms with Crippen LogP contribution in [0.4, 0.5) is 0 Å². The van der Waals surface area contributed by atoms with Gasteiger partial charge in [0.1, 0.15) is 5.75 Å². The molecule has 0 fully saturated rings. The molecular weight excluding hydrogens is 190 g/mol. The van der Waals surface area contributed by atoms with Crippen LogP contribution < -0.4 is 10.5 Å². The molecule has 0 atom stereocenters. The topological polar surface area (TPSA) is 52.3 Å². The minimum absolute atomic E-state index is 0.381. The molecule has 3 nitrogen and oxygen atoms in total. The third-order valence-electron chi connectivity index (χ3n) is 1.73. The number of hydrogen-bond acceptors (Lipinski definition) is 2. The summed E-state index contributed by atoms with van der Waals surface area (Å²) in [7, 11) is 1.47. The number of carbonyl (C=O) groups excluding carboxylic acids is 1. The molecular formula is C9H10ClNO2. The predicted molar refractivity (Wildman–Crippen MR) is 51.3 cm³/mol. The number of aryl methyl sites for hydroxylation is 1. The Hall–Kier alpha value is -1.22. The van der Waals surface area contributed by atoms with E-state index >= 15 is 0 Å². The number of carbonyl (C=O) groups is 1. The van der Waals surface area contributed by atoms with Gasteiger partial charge in [0.25, 0.3) is 5.91 Å². The van der Waals surface area contributed by atoms with Gasteiger partial charge in [-0.1, -0.05) is 11.6 Å². The first-order valence-corrected chi connectivity index (χ1v) is 4.08. The van der Waals surface area contributed by atoms with E-state index in [1.54, 1.807) is 19.1 Å². The molecule has 0 aromatic heterocycles. The Labute approximate surface area is 81.4 Å². The SMILES string of the molecule is COc1cc(Cl)cc(C)c1C(N)=O. The average Bonchev–Trinajstić information content (AvgIpc) is 2.01. The van der Waals surface area contributed by atoms with Gasteiger partial charge in [0.05, 0.1) is 12.7 Å². The molecule has 4 heteroatoms. The van der Waals surface area contributed by atoms with Crippen molar-refractivity contribution >= 4 is 17.5 Å². The van der Waals surface area contributed by atoms with E-state index in [0.29, 0.717) is 16.3 Å². The number of nitrogens with two attached hydrogens (primary N) is 1. The normalized spacial score (nSPS) is 9.77. The van der Waals surface area contributed by atoms with Crippen LogP contribution in [-0.2, 0) is 0 Å². The van der Waals surface area contributed by atoms with Gasteiger partial charge in [-0.25, -0.2) is 0 Å². The molecule has 0 saturated carbocycles. The van der Waals surface area contributed by atoms with E-state index in [4.69, 9.17) is 22.1 Å². The summed E-state index contributed by atoms with van der Waals surface area (Å²) in [5, 5.41) is 0.527. The highest BCUT2D eigenvalue weighted by atomic mass is 35.5. The van der Waals surface area contributed by atoms with Gasteiger partial charge >= 0.3 is 0 Å². The van der Waals surface area contributed by atoms with Crippen LogP contribution in [0.5, 0.6) is 5.75 Å². The van der Waals surface area contributed by atoms with Crippen molar-refractivity contribution in [1.82, 2.24) is 0 Å². The minimum atomic E-state index is -0.508. The lowest BCUT2D eigenvalue weighted by Crippen LogP contribution is -2.14. The lowest BCUT2D eigenvalue weighted by Gasteiger charge is -2.08. The fraction of sp³-hybridized carbons (Fsp3) is 0.222. The summed E-state index contributed by atoms with van der Waals surface area (Å²) >= 11 is 5.77. The highest BCUT2D eigenvalue weighted by Gasteiger charge is 2.12. The van der Waals surface area contributed by atoms with Crippen LogP contribution in [0.15, 0.2) is 12.1 Å². The van der Waals surface area contributed by atoms with E-state index in [2.05, 4.69) is 0 Å². The smallest absolute Gasteiger partial charge is 0.252 e. The number of hydrogen-bond donors (Lipinski definition) is 1. The van der Waals surface area contributed by atoms with Crippen molar-refractivity contribution in [3.8, 4) is 5.75 Å². The Morgan fingerprint density at radius 1 is 1.54 bits per heavy atom. The molecule has 13 heavy (non-hydrogen) atoms. The zero-order chi connectivity index (χ0) is 10.0. The zero-order valence-corrected chi connectivity index (χ0v) is 8.18. The lowest BCUT2D eigenvalue weighted by atomic mass is 10.1. The summed E-state index contributed by atoms with van der Waals surface area (Å²) in [6.45, 7) is 1.76. The fourth-order valence-electron chi connectivity index (χ4n) is 1.19. The summed E-state index contributed by atoms with van der Waals surface area (Å²) in [6, 6.07) is 3.23. The van der Waals surface area contributed by atoms with Crippen molar-refractivity contribution in [3.05, 3.63) is 28.3 Å². The number of rotatable bonds is 2. The van der Waals surface area contributed by atoms with Crippen LogP contribution in [0.25, 0.3) is 0 Å². The Morgan fingerprint density at radius 3 is 2.62 bits per heavy atom. The standard InChI is InChI=1S/C9H10ClNO2/c1-5-3-6(10)4-7(13-2)8(5)9(11)12/h3-4H,1-2H3,(H2,11,12). The Kier molecular flexibility index (Phi) is 2.78. The maximum atomic E-state index is 11.0. The molecule has 0 aliphatic rings. The molecule has 0 aliphatic carbocycles. The molecule has 2 N–H and O–H groups in total. The van der Waals surface area contributed by atoms with Crippen LogP contribution in [0.2, 0.25) is 5.02 Å². The summed E-state index contributed by atoms with van der Waals surface area (Å²) in [6.07, 6.45) is 0. The van der Waals surface area contributed by atoms with Gasteiger partial charge < -0.3 is 10.5 Å². The first kappa shape index (κ1) is 9.86. The fourth-order valence-corrected chi connectivity index (χ4v) is 1.45. The van der Waals surface area contributed by atoms with Gasteiger partial charge in [-0.3, -0.25) is 4.79 Å². The summed E-state index contributed by atoms with van der Waals surface area (Å²) in [4.78, 5) is 11.0. The molecule has 0 saturated heterocycles. The van der Waals surface area contributed by atoms with Gasteiger partial charge in [-0.05, 0) is 24.6 Å². The predicted octanol–water partition coefficient (Wildman–Crippen LogP) is 1.76. The molecule has 0 aliphatic heterocycles. The summed E-state index contributed by atoms with van der Waals surface area (Å²) in [5.41, 5.74) is 6.28. The molecule has 70 valence electrons. The second-order valence-electron chi connectivity index (χ2n) is 2.66. The highest BCUT2D eigenvalue weighted by Crippen LogP contribution is 2.26. The van der Waals surface area contributed by atoms with Crippen molar-refractivity contribution in [3.63, 3.8) is 0 Å². The van der Waals surface area contributed by atoms with Crippen molar-refractivity contribution in [2.45, 2.75) is 6.92 Å². The number of primary amides is 1. The third kappa shape index (κ3) is 1.92. The average molecular weight is 200 g/mol. The lowest BCUT2D eigenvalue weighted by molar-refractivity contribution is 0.0997. The number of benzene rings is 1. The number of halogens is 1. The van der Waals surface area contributed by atoms with Crippen LogP contribution in [0.1, 0.15) is 15.9 Å². The first-order valence-electron chi connectivity index (χ1n) is 3.70. The van der Waals surface area contributed by atoms with Crippen LogP contribution in [0, 0.1) is 6.92 Å². The molecule has 0 radical (unpaired) electrons. The van der Waals surface area contributed by atoms with Crippen LogP contribution in [0.3, 0.4) is 0 Å². The van der Waals surface area contributed by atoms with Gasteiger partial charge in [0.2, 0.25) is 0 Å². The summed E-state index contributed by atoms with van der Waals surface area (Å²) < 4.78 is 4.98. The maximum absolute atomic E-state index is 11.0. The van der Waals surface area contributed by atoms with E-state index in [9.17, 15) is 4.79 Å². The van der Waals surface area contributed by atoms with Crippen LogP contribution >= 0.6 is 11.6 Å². The second kappa shape index (κ2) is 3.66. The van der Waals surface area contributed by atoms with E-state index in [1.807, 2.05) is 0 Å². The minimum Gasteiger partial charge on any atom is -0.496 e. The quantitative estimate of drug-likeness (QED) is 0.789. The van der Waals surface area contributed by atoms with E-state index in [-0.39, 0.29) is 0 Å². The summed E-state index contributed by atoms with van der Waals surface area (Å²) in [5.74, 6) is -0.0940. The van der Waals surface area contributed by atoms with Gasteiger partial charge in [0.15, 0.2) is 0 Å². The zero-order valence-electron chi connectivity index (χ0n) is 7.43. The molecule has 0 unspecified atom stereocenters. The van der Waals surface area contributed by atoms with Crippen molar-refractivity contribution in [1.29, 1.82) is 0 Å². The molecule has 0 bridgehead atoms. The van der Waals surface area contributed by atoms with Crippen molar-refractivity contribution in [2.24, 2.45) is 5.73 Å². The van der Waals surface area contributed by atoms with Crippen LogP contribution in [-0.4, -0.2) is 13.0 Å². The van der Waals surface area contributed by atoms with Crippen molar-refractivity contribution < 1.29 is 9.53 Å². The molecule has 0 spiro atoms. The largest absolute Gasteiger partial charge is 0.496 e. The molecule has 1 aromatic carbocycles. The number of amides is 1. The molecule has 1 rings (SSSR count). The van der Waals surface area contributed by atoms with E-state index in [0.717, 1.165) is 5.56 Å². The van der Waals surface area contributed by atoms with Gasteiger partial charge in [0, 0.05) is 5.02 Å². The van der Waals surface area contributed by atoms with Gasteiger partial charge in [-0.2, -0.15) is 0 Å². The van der Waals surface area contributed by atoms with E-state index < -0.39 is 5.91 Å². The molecule has 0 heterocycles. The Bertz CT molecular complexity index is 350. The first-order chi connectivity index (χ1) is 6.06. The van der Waals surface area contributed by atoms with Crippen molar-refractivity contribution in [2.75, 3.05) is 7.11 Å². The monoisotopic (exact) mass is 199 g/mol. The Morgan fingerprint density at radius 2 is 2.15 bits per heavy atom.